The monoisotopic (exact) mass is 653 g/mol. The van der Waals surface area contributed by atoms with Gasteiger partial charge in [0.05, 0.1) is 49.4 Å². The van der Waals surface area contributed by atoms with Gasteiger partial charge in [0, 0.05) is 12.0 Å². The Hall–Kier alpha value is -4.31. The third kappa shape index (κ3) is 5.86. The summed E-state index contributed by atoms with van der Waals surface area (Å²) in [6.07, 6.45) is 0.974. The van der Waals surface area contributed by atoms with E-state index in [1.165, 1.54) is 4.90 Å². The highest BCUT2D eigenvalue weighted by Crippen LogP contribution is 2.39. The van der Waals surface area contributed by atoms with Crippen LogP contribution in [0, 0.1) is 0 Å². The van der Waals surface area contributed by atoms with Crippen LogP contribution in [0.15, 0.2) is 103 Å². The van der Waals surface area contributed by atoms with E-state index in [4.69, 9.17) is 32.7 Å². The first-order chi connectivity index (χ1) is 22.4. The van der Waals surface area contributed by atoms with Crippen LogP contribution in [0.3, 0.4) is 0 Å². The Bertz CT molecular complexity index is 1870. The molecule has 7 rings (SSSR count). The molecule has 0 unspecified atom stereocenters. The van der Waals surface area contributed by atoms with E-state index in [9.17, 15) is 14.7 Å². The molecule has 1 fully saturated rings. The predicted octanol–water partition coefficient (Wildman–Crippen LogP) is 7.39. The standard InChI is InChI=1S/C36H29Cl2N3O5/c37-32-33(38)40(21-39-32)19-27-17-31(24-11-9-22(20-42)10-12-24)46-36(45-27)25-15-13-23(14-16-25)28-6-2-1-5-26(28)18-41-34(43)29-7-3-4-8-30(29)35(41)44/h1-16,21,27,31,36,42H,17-20H2/t27-,31+,36+/m1/s1. The molecular formula is C36H29Cl2N3O5. The zero-order chi connectivity index (χ0) is 31.8. The molecule has 0 bridgehead atoms. The predicted molar refractivity (Wildman–Crippen MR) is 173 cm³/mol. The van der Waals surface area contributed by atoms with Gasteiger partial charge < -0.3 is 19.1 Å². The molecule has 2 amide bonds. The minimum atomic E-state index is -0.665. The lowest BCUT2D eigenvalue weighted by atomic mass is 9.97. The summed E-state index contributed by atoms with van der Waals surface area (Å²) >= 11 is 12.5. The number of carbonyl (C=O) groups is 2. The van der Waals surface area contributed by atoms with Gasteiger partial charge in [-0.2, -0.15) is 0 Å². The number of amides is 2. The van der Waals surface area contributed by atoms with Crippen molar-refractivity contribution in [1.82, 2.24) is 14.5 Å². The number of fused-ring (bicyclic) bond motifs is 1. The number of rotatable bonds is 8. The quantitative estimate of drug-likeness (QED) is 0.176. The van der Waals surface area contributed by atoms with Crippen molar-refractivity contribution in [3.05, 3.63) is 147 Å². The minimum Gasteiger partial charge on any atom is -0.392 e. The molecule has 0 saturated carbocycles. The Morgan fingerprint density at radius 2 is 1.41 bits per heavy atom. The fourth-order valence-electron chi connectivity index (χ4n) is 6.04. The van der Waals surface area contributed by atoms with Crippen molar-refractivity contribution in [3.63, 3.8) is 0 Å². The first-order valence-electron chi connectivity index (χ1n) is 14.9. The van der Waals surface area contributed by atoms with Gasteiger partial charge in [0.15, 0.2) is 11.4 Å². The molecule has 10 heteroatoms. The number of aliphatic hydroxyl groups excluding tert-OH is 1. The van der Waals surface area contributed by atoms with Crippen molar-refractivity contribution in [2.75, 3.05) is 0 Å². The van der Waals surface area contributed by atoms with E-state index in [0.717, 1.165) is 33.4 Å². The molecule has 1 saturated heterocycles. The molecule has 3 atom stereocenters. The molecule has 232 valence electrons. The van der Waals surface area contributed by atoms with Gasteiger partial charge in [-0.05, 0) is 39.9 Å². The lowest BCUT2D eigenvalue weighted by Gasteiger charge is -2.36. The highest BCUT2D eigenvalue weighted by molar-refractivity contribution is 6.40. The van der Waals surface area contributed by atoms with Gasteiger partial charge in [0.1, 0.15) is 5.15 Å². The highest BCUT2D eigenvalue weighted by Gasteiger charge is 2.36. The molecule has 3 heterocycles. The normalized spacial score (nSPS) is 19.5. The molecule has 2 aliphatic heterocycles. The van der Waals surface area contributed by atoms with E-state index < -0.39 is 6.29 Å². The molecule has 4 aromatic carbocycles. The molecule has 0 aliphatic carbocycles. The van der Waals surface area contributed by atoms with E-state index >= 15 is 0 Å². The van der Waals surface area contributed by atoms with E-state index in [0.29, 0.717) is 29.2 Å². The Morgan fingerprint density at radius 3 is 2.04 bits per heavy atom. The number of hydrogen-bond donors (Lipinski definition) is 1. The van der Waals surface area contributed by atoms with Crippen LogP contribution in [-0.2, 0) is 29.2 Å². The number of aromatic nitrogens is 2. The second kappa shape index (κ2) is 12.8. The molecular weight excluding hydrogens is 625 g/mol. The Morgan fingerprint density at radius 1 is 0.783 bits per heavy atom. The molecule has 5 aromatic rings. The summed E-state index contributed by atoms with van der Waals surface area (Å²) in [7, 11) is 0. The van der Waals surface area contributed by atoms with Crippen LogP contribution < -0.4 is 0 Å². The van der Waals surface area contributed by atoms with Crippen molar-refractivity contribution in [3.8, 4) is 11.1 Å². The Labute approximate surface area is 275 Å². The van der Waals surface area contributed by atoms with Crippen molar-refractivity contribution in [1.29, 1.82) is 0 Å². The topological polar surface area (TPSA) is 93.9 Å². The highest BCUT2D eigenvalue weighted by atomic mass is 35.5. The van der Waals surface area contributed by atoms with Gasteiger partial charge in [-0.25, -0.2) is 4.98 Å². The van der Waals surface area contributed by atoms with Crippen LogP contribution in [0.2, 0.25) is 10.3 Å². The summed E-state index contributed by atoms with van der Waals surface area (Å²) in [4.78, 5) is 31.5. The van der Waals surface area contributed by atoms with Crippen LogP contribution >= 0.6 is 23.2 Å². The van der Waals surface area contributed by atoms with E-state index in [-0.39, 0.29) is 42.3 Å². The summed E-state index contributed by atoms with van der Waals surface area (Å²) in [5.74, 6) is -0.571. The van der Waals surface area contributed by atoms with Crippen molar-refractivity contribution < 1.29 is 24.2 Å². The Balaban J connectivity index is 1.14. The number of hydrogen-bond acceptors (Lipinski definition) is 6. The fraction of sp³-hybridized carbons (Fsp3) is 0.194. The first-order valence-corrected chi connectivity index (χ1v) is 15.7. The number of aliphatic hydroxyl groups is 1. The maximum atomic E-state index is 13.0. The third-order valence-electron chi connectivity index (χ3n) is 8.47. The maximum Gasteiger partial charge on any atom is 0.261 e. The molecule has 8 nitrogen and oxygen atoms in total. The van der Waals surface area contributed by atoms with Gasteiger partial charge in [0.25, 0.3) is 11.8 Å². The van der Waals surface area contributed by atoms with Gasteiger partial charge in [-0.1, -0.05) is 108 Å². The van der Waals surface area contributed by atoms with Crippen LogP contribution in [0.25, 0.3) is 11.1 Å². The molecule has 0 spiro atoms. The van der Waals surface area contributed by atoms with Crippen LogP contribution in [-0.4, -0.2) is 37.5 Å². The minimum absolute atomic E-state index is 0.0339. The van der Waals surface area contributed by atoms with Crippen molar-refractivity contribution in [2.24, 2.45) is 0 Å². The van der Waals surface area contributed by atoms with Gasteiger partial charge in [0.2, 0.25) is 0 Å². The summed E-state index contributed by atoms with van der Waals surface area (Å²) in [5, 5.41) is 10.1. The van der Waals surface area contributed by atoms with Crippen LogP contribution in [0.4, 0.5) is 0 Å². The van der Waals surface area contributed by atoms with Crippen LogP contribution in [0.5, 0.6) is 0 Å². The average molecular weight is 655 g/mol. The molecule has 1 aromatic heterocycles. The van der Waals surface area contributed by atoms with E-state index in [2.05, 4.69) is 4.98 Å². The summed E-state index contributed by atoms with van der Waals surface area (Å²) in [6, 6.07) is 30.3. The first kappa shape index (κ1) is 30.3. The number of carbonyl (C=O) groups excluding carboxylic acids is 2. The van der Waals surface area contributed by atoms with Crippen molar-refractivity contribution in [2.45, 2.75) is 44.6 Å². The largest absolute Gasteiger partial charge is 0.392 e. The molecule has 0 radical (unpaired) electrons. The van der Waals surface area contributed by atoms with E-state index in [1.54, 1.807) is 35.2 Å². The van der Waals surface area contributed by atoms with Crippen LogP contribution in [0.1, 0.15) is 61.8 Å². The molecule has 2 aliphatic rings. The fourth-order valence-corrected chi connectivity index (χ4v) is 6.35. The second-order valence-electron chi connectivity index (χ2n) is 11.3. The second-order valence-corrected chi connectivity index (χ2v) is 12.1. The zero-order valence-corrected chi connectivity index (χ0v) is 26.1. The number of imidazole rings is 1. The molecule has 46 heavy (non-hydrogen) atoms. The lowest BCUT2D eigenvalue weighted by Crippen LogP contribution is -2.32. The number of ether oxygens (including phenoxy) is 2. The van der Waals surface area contributed by atoms with Gasteiger partial charge in [-0.15, -0.1) is 0 Å². The number of imide groups is 1. The summed E-state index contributed by atoms with van der Waals surface area (Å²) in [5.41, 5.74) is 6.20. The lowest BCUT2D eigenvalue weighted by molar-refractivity contribution is -0.252. The summed E-state index contributed by atoms with van der Waals surface area (Å²) < 4.78 is 14.7. The Kier molecular flexibility index (Phi) is 8.46. The number of nitrogens with zero attached hydrogens (tertiary/aromatic N) is 3. The SMILES string of the molecule is O=C1c2ccccc2C(=O)N1Cc1ccccc1-c1ccc([C@H]2O[C@@H](Cn3cnc(Cl)c3Cl)C[C@@H](c3ccc(CO)cc3)O2)cc1. The van der Waals surface area contributed by atoms with Crippen molar-refractivity contribution >= 4 is 35.0 Å². The van der Waals surface area contributed by atoms with Gasteiger partial charge >= 0.3 is 0 Å². The smallest absolute Gasteiger partial charge is 0.261 e. The number of benzene rings is 4. The zero-order valence-electron chi connectivity index (χ0n) is 24.6. The third-order valence-corrected chi connectivity index (χ3v) is 9.24. The average Bonchev–Trinajstić information content (AvgIpc) is 3.54. The summed E-state index contributed by atoms with van der Waals surface area (Å²) in [6.45, 7) is 0.569. The van der Waals surface area contributed by atoms with E-state index in [1.807, 2.05) is 72.8 Å². The number of halogens is 2. The van der Waals surface area contributed by atoms with Gasteiger partial charge in [-0.3, -0.25) is 14.5 Å². The molecule has 1 N–H and O–H groups in total. The maximum absolute atomic E-state index is 13.0.